The molecule has 1 saturated heterocycles. The van der Waals surface area contributed by atoms with Crippen LogP contribution in [0.15, 0.2) is 0 Å². The predicted octanol–water partition coefficient (Wildman–Crippen LogP) is 1.86. The van der Waals surface area contributed by atoms with E-state index < -0.39 is 30.4 Å². The van der Waals surface area contributed by atoms with Gasteiger partial charge in [-0.3, -0.25) is 14.6 Å². The molecule has 0 aromatic rings. The fourth-order valence-corrected chi connectivity index (χ4v) is 2.79. The first-order valence-corrected chi connectivity index (χ1v) is 7.43. The topological polar surface area (TPSA) is 64.1 Å². The van der Waals surface area contributed by atoms with Crippen molar-refractivity contribution in [2.24, 2.45) is 0 Å². The van der Waals surface area contributed by atoms with Gasteiger partial charge in [0.05, 0.1) is 6.54 Å². The molecule has 1 fully saturated rings. The molecule has 0 aromatic carbocycles. The minimum Gasteiger partial charge on any atom is -0.465 e. The van der Waals surface area contributed by atoms with Crippen LogP contribution in [0.1, 0.15) is 27.7 Å². The summed E-state index contributed by atoms with van der Waals surface area (Å²) in [4.78, 5) is 27.6. The molecule has 0 aromatic heterocycles. The summed E-state index contributed by atoms with van der Waals surface area (Å²) in [5.41, 5.74) is -0.751. The van der Waals surface area contributed by atoms with Crippen LogP contribution in [0.5, 0.6) is 0 Å². The van der Waals surface area contributed by atoms with Gasteiger partial charge in [-0.2, -0.15) is 13.2 Å². The van der Waals surface area contributed by atoms with Crippen LogP contribution >= 0.6 is 0 Å². The maximum Gasteiger partial charge on any atom is 0.408 e. The average Bonchev–Trinajstić information content (AvgIpc) is 2.34. The molecule has 23 heavy (non-hydrogen) atoms. The van der Waals surface area contributed by atoms with Crippen molar-refractivity contribution in [1.82, 2.24) is 14.7 Å². The van der Waals surface area contributed by atoms with Crippen molar-refractivity contribution < 1.29 is 27.9 Å². The predicted molar refractivity (Wildman–Crippen MR) is 78.2 cm³/mol. The molecule has 0 spiro atoms. The number of alkyl halides is 3. The molecular weight excluding hydrogens is 315 g/mol. The molecule has 1 N–H and O–H groups in total. The Kier molecular flexibility index (Phi) is 5.89. The lowest BCUT2D eigenvalue weighted by molar-refractivity contribution is -0.153. The summed E-state index contributed by atoms with van der Waals surface area (Å²) in [6.45, 7) is 6.15. The lowest BCUT2D eigenvalue weighted by Crippen LogP contribution is -2.59. The van der Waals surface area contributed by atoms with Crippen LogP contribution < -0.4 is 0 Å². The number of carbonyl (C=O) groups is 2. The second-order valence-electron chi connectivity index (χ2n) is 6.72. The van der Waals surface area contributed by atoms with E-state index >= 15 is 0 Å². The first-order chi connectivity index (χ1) is 10.3. The van der Waals surface area contributed by atoms with E-state index in [-0.39, 0.29) is 32.1 Å². The second kappa shape index (κ2) is 6.94. The third kappa shape index (κ3) is 5.56. The monoisotopic (exact) mass is 339 g/mol. The number of carboxylic acid groups (broad SMARTS) is 1. The van der Waals surface area contributed by atoms with Crippen molar-refractivity contribution in [2.75, 3.05) is 32.7 Å². The lowest BCUT2D eigenvalue weighted by Gasteiger charge is -2.41. The Labute approximate surface area is 133 Å². The summed E-state index contributed by atoms with van der Waals surface area (Å²) < 4.78 is 37.1. The van der Waals surface area contributed by atoms with Crippen LogP contribution in [0.25, 0.3) is 0 Å². The van der Waals surface area contributed by atoms with Gasteiger partial charge in [0.15, 0.2) is 0 Å². The Balaban J connectivity index is 2.67. The van der Waals surface area contributed by atoms with Crippen LogP contribution in [0.3, 0.4) is 0 Å². The van der Waals surface area contributed by atoms with E-state index in [1.54, 1.807) is 20.8 Å². The first-order valence-electron chi connectivity index (χ1n) is 7.43. The molecule has 0 radical (unpaired) electrons. The van der Waals surface area contributed by atoms with E-state index in [0.717, 1.165) is 4.90 Å². The molecule has 134 valence electrons. The maximum atomic E-state index is 12.5. The van der Waals surface area contributed by atoms with Crippen molar-refractivity contribution in [2.45, 2.75) is 45.5 Å². The number of piperazine rings is 1. The normalized spacial score (nSPS) is 18.7. The Morgan fingerprint density at radius 2 is 1.61 bits per heavy atom. The zero-order valence-electron chi connectivity index (χ0n) is 13.9. The van der Waals surface area contributed by atoms with Gasteiger partial charge in [0, 0.05) is 31.7 Å². The summed E-state index contributed by atoms with van der Waals surface area (Å²) in [7, 11) is 0. The van der Waals surface area contributed by atoms with E-state index in [9.17, 15) is 27.9 Å². The van der Waals surface area contributed by atoms with Gasteiger partial charge >= 0.3 is 12.3 Å². The van der Waals surface area contributed by atoms with E-state index in [0.29, 0.717) is 0 Å². The van der Waals surface area contributed by atoms with Gasteiger partial charge in [0.2, 0.25) is 5.91 Å². The van der Waals surface area contributed by atoms with Gasteiger partial charge in [-0.05, 0) is 27.7 Å². The van der Waals surface area contributed by atoms with E-state index in [4.69, 9.17) is 0 Å². The Morgan fingerprint density at radius 1 is 1.13 bits per heavy atom. The Hall–Kier alpha value is -1.51. The van der Waals surface area contributed by atoms with Crippen molar-refractivity contribution in [3.05, 3.63) is 0 Å². The number of rotatable bonds is 3. The highest BCUT2D eigenvalue weighted by Crippen LogP contribution is 2.21. The van der Waals surface area contributed by atoms with Crippen LogP contribution in [0.4, 0.5) is 18.0 Å². The molecule has 1 atom stereocenters. The molecule has 1 aliphatic rings. The van der Waals surface area contributed by atoms with E-state index in [2.05, 4.69) is 0 Å². The van der Waals surface area contributed by atoms with Gasteiger partial charge < -0.3 is 10.0 Å². The third-order valence-corrected chi connectivity index (χ3v) is 3.76. The largest absolute Gasteiger partial charge is 0.465 e. The van der Waals surface area contributed by atoms with Crippen molar-refractivity contribution in [1.29, 1.82) is 0 Å². The number of hydrogen-bond acceptors (Lipinski definition) is 3. The molecule has 0 aliphatic carbocycles. The molecular formula is C14H24F3N3O3. The summed E-state index contributed by atoms with van der Waals surface area (Å²) in [6, 6.07) is -0.887. The highest BCUT2D eigenvalue weighted by atomic mass is 19.4. The van der Waals surface area contributed by atoms with Crippen LogP contribution in [0, 0.1) is 0 Å². The third-order valence-electron chi connectivity index (χ3n) is 3.76. The number of nitrogens with zero attached hydrogens (tertiary/aromatic N) is 3. The molecule has 9 heteroatoms. The van der Waals surface area contributed by atoms with Crippen molar-refractivity contribution >= 4 is 12.0 Å². The van der Waals surface area contributed by atoms with Gasteiger partial charge in [-0.15, -0.1) is 0 Å². The average molecular weight is 339 g/mol. The number of carbonyl (C=O) groups excluding carboxylic acids is 1. The molecule has 1 aliphatic heterocycles. The molecule has 0 unspecified atom stereocenters. The molecule has 0 bridgehead atoms. The van der Waals surface area contributed by atoms with E-state index in [1.165, 1.54) is 16.7 Å². The fraction of sp³-hybridized carbons (Fsp3) is 0.857. The summed E-state index contributed by atoms with van der Waals surface area (Å²) >= 11 is 0. The summed E-state index contributed by atoms with van der Waals surface area (Å²) in [5.74, 6) is -0.381. The molecule has 2 amide bonds. The zero-order chi connectivity index (χ0) is 18.0. The molecule has 1 rings (SSSR count). The SMILES string of the molecule is C[C@@H](C(=O)N1CCN(CC(F)(F)F)CC1)N(C(=O)O)C(C)(C)C. The molecule has 1 heterocycles. The minimum absolute atomic E-state index is 0.126. The van der Waals surface area contributed by atoms with Gasteiger partial charge in [0.25, 0.3) is 0 Å². The first kappa shape index (κ1) is 19.5. The highest BCUT2D eigenvalue weighted by Gasteiger charge is 2.38. The highest BCUT2D eigenvalue weighted by molar-refractivity contribution is 5.85. The molecule has 0 saturated carbocycles. The Bertz CT molecular complexity index is 441. The number of hydrogen-bond donors (Lipinski definition) is 1. The summed E-state index contributed by atoms with van der Waals surface area (Å²) in [6.07, 6.45) is -5.46. The van der Waals surface area contributed by atoms with E-state index in [1.807, 2.05) is 0 Å². The standard InChI is InChI=1S/C14H24F3N3O3/c1-10(20(12(22)23)13(2,3)4)11(21)19-7-5-18(6-8-19)9-14(15,16)17/h10H,5-9H2,1-4H3,(H,22,23)/t10-/m0/s1. The molecule has 6 nitrogen and oxygen atoms in total. The Morgan fingerprint density at radius 3 is 1.96 bits per heavy atom. The van der Waals surface area contributed by atoms with Gasteiger partial charge in [-0.1, -0.05) is 0 Å². The van der Waals surface area contributed by atoms with Crippen molar-refractivity contribution in [3.63, 3.8) is 0 Å². The lowest BCUT2D eigenvalue weighted by atomic mass is 10.0. The van der Waals surface area contributed by atoms with Crippen LogP contribution in [0.2, 0.25) is 0 Å². The zero-order valence-corrected chi connectivity index (χ0v) is 13.9. The van der Waals surface area contributed by atoms with Gasteiger partial charge in [-0.25, -0.2) is 4.79 Å². The van der Waals surface area contributed by atoms with Crippen LogP contribution in [-0.2, 0) is 4.79 Å². The maximum absolute atomic E-state index is 12.5. The second-order valence-corrected chi connectivity index (χ2v) is 6.72. The fourth-order valence-electron chi connectivity index (χ4n) is 2.79. The van der Waals surface area contributed by atoms with Crippen LogP contribution in [-0.4, -0.2) is 82.3 Å². The number of amides is 2. The van der Waals surface area contributed by atoms with Gasteiger partial charge in [0.1, 0.15) is 6.04 Å². The minimum atomic E-state index is -4.26. The smallest absolute Gasteiger partial charge is 0.408 e. The number of halogens is 3. The summed E-state index contributed by atoms with van der Waals surface area (Å²) in [5, 5.41) is 9.32. The quantitative estimate of drug-likeness (QED) is 0.852. The van der Waals surface area contributed by atoms with Crippen molar-refractivity contribution in [3.8, 4) is 0 Å².